The lowest BCUT2D eigenvalue weighted by atomic mass is 10.1. The van der Waals surface area contributed by atoms with Gasteiger partial charge in [-0.05, 0) is 44.6 Å². The van der Waals surface area contributed by atoms with E-state index >= 15 is 0 Å². The highest BCUT2D eigenvalue weighted by atomic mass is 16.5. The van der Waals surface area contributed by atoms with Crippen LogP contribution in [0.25, 0.3) is 0 Å². The van der Waals surface area contributed by atoms with Crippen molar-refractivity contribution < 1.29 is 9.84 Å². The molecule has 0 aliphatic carbocycles. The van der Waals surface area contributed by atoms with E-state index in [0.29, 0.717) is 6.42 Å². The molecule has 90 valence electrons. The third-order valence-corrected chi connectivity index (χ3v) is 2.34. The Balaban J connectivity index is 2.26. The van der Waals surface area contributed by atoms with E-state index in [4.69, 9.17) is 9.84 Å². The molecule has 0 spiro atoms. The Morgan fingerprint density at radius 2 is 1.88 bits per heavy atom. The van der Waals surface area contributed by atoms with Gasteiger partial charge in [0.05, 0.1) is 6.61 Å². The summed E-state index contributed by atoms with van der Waals surface area (Å²) < 4.78 is 5.60. The zero-order chi connectivity index (χ0) is 11.8. The lowest BCUT2D eigenvalue weighted by Gasteiger charge is -2.10. The van der Waals surface area contributed by atoms with Gasteiger partial charge in [-0.3, -0.25) is 0 Å². The SMILES string of the molecule is CN(C)CCCOc1ccc(CCO)cc1. The first-order chi connectivity index (χ1) is 7.72. The smallest absolute Gasteiger partial charge is 0.119 e. The lowest BCUT2D eigenvalue weighted by Crippen LogP contribution is -2.15. The van der Waals surface area contributed by atoms with Gasteiger partial charge in [-0.1, -0.05) is 12.1 Å². The van der Waals surface area contributed by atoms with Crippen LogP contribution in [0.1, 0.15) is 12.0 Å². The summed E-state index contributed by atoms with van der Waals surface area (Å²) in [5.74, 6) is 0.903. The number of aliphatic hydroxyl groups is 1. The van der Waals surface area contributed by atoms with Gasteiger partial charge in [-0.2, -0.15) is 0 Å². The summed E-state index contributed by atoms with van der Waals surface area (Å²) in [7, 11) is 4.12. The lowest BCUT2D eigenvalue weighted by molar-refractivity contribution is 0.281. The minimum atomic E-state index is 0.197. The summed E-state index contributed by atoms with van der Waals surface area (Å²) in [6.07, 6.45) is 1.74. The zero-order valence-corrected chi connectivity index (χ0v) is 10.1. The van der Waals surface area contributed by atoms with E-state index in [9.17, 15) is 0 Å². The van der Waals surface area contributed by atoms with E-state index in [0.717, 1.165) is 30.9 Å². The first kappa shape index (κ1) is 13.0. The summed E-state index contributed by atoms with van der Waals surface area (Å²) in [5, 5.41) is 8.78. The minimum Gasteiger partial charge on any atom is -0.494 e. The Labute approximate surface area is 97.7 Å². The van der Waals surface area contributed by atoms with Crippen LogP contribution in [0.2, 0.25) is 0 Å². The van der Waals surface area contributed by atoms with Gasteiger partial charge >= 0.3 is 0 Å². The Kier molecular flexibility index (Phi) is 5.90. The van der Waals surface area contributed by atoms with Crippen molar-refractivity contribution >= 4 is 0 Å². The molecule has 0 radical (unpaired) electrons. The molecule has 0 unspecified atom stereocenters. The van der Waals surface area contributed by atoms with Crippen LogP contribution in [-0.4, -0.2) is 43.9 Å². The number of hydrogen-bond donors (Lipinski definition) is 1. The second-order valence-electron chi connectivity index (χ2n) is 4.12. The van der Waals surface area contributed by atoms with E-state index in [1.807, 2.05) is 24.3 Å². The molecule has 0 amide bonds. The predicted octanol–water partition coefficient (Wildman–Crippen LogP) is 1.55. The third kappa shape index (κ3) is 5.14. The van der Waals surface area contributed by atoms with Gasteiger partial charge in [0.2, 0.25) is 0 Å². The normalized spacial score (nSPS) is 10.8. The van der Waals surface area contributed by atoms with Gasteiger partial charge in [-0.15, -0.1) is 0 Å². The molecule has 16 heavy (non-hydrogen) atoms. The Morgan fingerprint density at radius 1 is 1.19 bits per heavy atom. The summed E-state index contributed by atoms with van der Waals surface area (Å²) in [6, 6.07) is 7.91. The molecule has 0 fully saturated rings. The predicted molar refractivity (Wildman–Crippen MR) is 65.9 cm³/mol. The Hall–Kier alpha value is -1.06. The monoisotopic (exact) mass is 223 g/mol. The molecule has 3 heteroatoms. The van der Waals surface area contributed by atoms with Crippen LogP contribution >= 0.6 is 0 Å². The molecule has 0 heterocycles. The highest BCUT2D eigenvalue weighted by Crippen LogP contribution is 2.12. The Morgan fingerprint density at radius 3 is 2.44 bits per heavy atom. The molecule has 0 bridgehead atoms. The molecule has 0 aliphatic rings. The van der Waals surface area contributed by atoms with Gasteiger partial charge in [0.15, 0.2) is 0 Å². The molecule has 3 nitrogen and oxygen atoms in total. The molecule has 1 aromatic rings. The largest absolute Gasteiger partial charge is 0.494 e. The number of hydrogen-bond acceptors (Lipinski definition) is 3. The molecule has 1 N–H and O–H groups in total. The van der Waals surface area contributed by atoms with Crippen molar-refractivity contribution in [3.05, 3.63) is 29.8 Å². The van der Waals surface area contributed by atoms with E-state index in [2.05, 4.69) is 19.0 Å². The fourth-order valence-corrected chi connectivity index (χ4v) is 1.45. The number of ether oxygens (including phenoxy) is 1. The number of aliphatic hydroxyl groups excluding tert-OH is 1. The molecule has 1 aromatic carbocycles. The van der Waals surface area contributed by atoms with Crippen LogP contribution in [0.5, 0.6) is 5.75 Å². The second kappa shape index (κ2) is 7.25. The van der Waals surface area contributed by atoms with Crippen molar-refractivity contribution in [3.8, 4) is 5.75 Å². The van der Waals surface area contributed by atoms with E-state index in [1.165, 1.54) is 0 Å². The zero-order valence-electron chi connectivity index (χ0n) is 10.1. The van der Waals surface area contributed by atoms with Crippen LogP contribution in [-0.2, 0) is 6.42 Å². The number of rotatable bonds is 7. The quantitative estimate of drug-likeness (QED) is 0.712. The maximum absolute atomic E-state index is 8.78. The summed E-state index contributed by atoms with van der Waals surface area (Å²) in [4.78, 5) is 2.15. The topological polar surface area (TPSA) is 32.7 Å². The molecule has 1 rings (SSSR count). The standard InChI is InChI=1S/C13H21NO2/c1-14(2)9-3-11-16-13-6-4-12(5-7-13)8-10-15/h4-7,15H,3,8-11H2,1-2H3. The maximum Gasteiger partial charge on any atom is 0.119 e. The van der Waals surface area contributed by atoms with Crippen LogP contribution in [0, 0.1) is 0 Å². The maximum atomic E-state index is 8.78. The van der Waals surface area contributed by atoms with Crippen LogP contribution in [0.15, 0.2) is 24.3 Å². The average Bonchev–Trinajstić information content (AvgIpc) is 2.27. The molecule has 0 saturated heterocycles. The van der Waals surface area contributed by atoms with Crippen molar-refractivity contribution in [3.63, 3.8) is 0 Å². The average molecular weight is 223 g/mol. The van der Waals surface area contributed by atoms with Crippen molar-refractivity contribution in [1.82, 2.24) is 4.90 Å². The summed E-state index contributed by atoms with van der Waals surface area (Å²) in [5.41, 5.74) is 1.14. The van der Waals surface area contributed by atoms with Gasteiger partial charge in [-0.25, -0.2) is 0 Å². The number of nitrogens with zero attached hydrogens (tertiary/aromatic N) is 1. The van der Waals surface area contributed by atoms with Gasteiger partial charge in [0, 0.05) is 13.2 Å². The van der Waals surface area contributed by atoms with Gasteiger partial charge in [0.25, 0.3) is 0 Å². The van der Waals surface area contributed by atoms with Crippen molar-refractivity contribution in [2.45, 2.75) is 12.8 Å². The highest BCUT2D eigenvalue weighted by molar-refractivity contribution is 5.27. The molecular formula is C13H21NO2. The van der Waals surface area contributed by atoms with Crippen LogP contribution < -0.4 is 4.74 Å². The summed E-state index contributed by atoms with van der Waals surface area (Å²) in [6.45, 7) is 1.99. The molecular weight excluding hydrogens is 202 g/mol. The van der Waals surface area contributed by atoms with Crippen molar-refractivity contribution in [2.75, 3.05) is 33.9 Å². The van der Waals surface area contributed by atoms with E-state index in [-0.39, 0.29) is 6.61 Å². The molecule has 0 aromatic heterocycles. The molecule has 0 saturated carbocycles. The first-order valence-corrected chi connectivity index (χ1v) is 5.69. The van der Waals surface area contributed by atoms with Gasteiger partial charge < -0.3 is 14.7 Å². The number of benzene rings is 1. The van der Waals surface area contributed by atoms with Crippen LogP contribution in [0.3, 0.4) is 0 Å². The summed E-state index contributed by atoms with van der Waals surface area (Å²) >= 11 is 0. The second-order valence-corrected chi connectivity index (χ2v) is 4.12. The molecule has 0 atom stereocenters. The minimum absolute atomic E-state index is 0.197. The van der Waals surface area contributed by atoms with Crippen molar-refractivity contribution in [1.29, 1.82) is 0 Å². The highest BCUT2D eigenvalue weighted by Gasteiger charge is 1.96. The van der Waals surface area contributed by atoms with Crippen molar-refractivity contribution in [2.24, 2.45) is 0 Å². The fourth-order valence-electron chi connectivity index (χ4n) is 1.45. The van der Waals surface area contributed by atoms with E-state index in [1.54, 1.807) is 0 Å². The van der Waals surface area contributed by atoms with Gasteiger partial charge in [0.1, 0.15) is 5.75 Å². The molecule has 0 aliphatic heterocycles. The Bertz CT molecular complexity index is 282. The van der Waals surface area contributed by atoms with E-state index < -0.39 is 0 Å². The van der Waals surface area contributed by atoms with Crippen LogP contribution in [0.4, 0.5) is 0 Å². The third-order valence-electron chi connectivity index (χ3n) is 2.34. The fraction of sp³-hybridized carbons (Fsp3) is 0.538. The first-order valence-electron chi connectivity index (χ1n) is 5.69.